The van der Waals surface area contributed by atoms with Crippen molar-refractivity contribution in [2.75, 3.05) is 22.7 Å². The molecule has 12 heteroatoms. The second-order valence-corrected chi connectivity index (χ2v) is 9.53. The fraction of sp³-hybridized carbons (Fsp3) is 0.286. The number of ether oxygens (including phenoxy) is 1. The highest BCUT2D eigenvalue weighted by atomic mass is 32.2. The van der Waals surface area contributed by atoms with Gasteiger partial charge >= 0.3 is 6.09 Å². The van der Waals surface area contributed by atoms with E-state index >= 15 is 0 Å². The largest absolute Gasteiger partial charge is 0.484 e. The third kappa shape index (κ3) is 4.68. The number of carboxylic acid groups (broad SMARTS) is 1. The lowest BCUT2D eigenvalue weighted by atomic mass is 10.2. The number of halogens is 1. The van der Waals surface area contributed by atoms with E-state index in [-0.39, 0.29) is 52.9 Å². The van der Waals surface area contributed by atoms with Gasteiger partial charge in [0.2, 0.25) is 5.91 Å². The van der Waals surface area contributed by atoms with Crippen molar-refractivity contribution in [1.82, 2.24) is 5.32 Å². The van der Waals surface area contributed by atoms with Gasteiger partial charge in [-0.15, -0.1) is 0 Å². The molecular formula is C21H19FN4O6S. The summed E-state index contributed by atoms with van der Waals surface area (Å²) in [6, 6.07) is 10.5. The van der Waals surface area contributed by atoms with E-state index in [2.05, 4.69) is 10.6 Å². The van der Waals surface area contributed by atoms with Crippen LogP contribution in [0.15, 0.2) is 47.4 Å². The molecule has 10 nitrogen and oxygen atoms in total. The number of rotatable bonds is 6. The highest BCUT2D eigenvalue weighted by molar-refractivity contribution is 7.92. The maximum atomic E-state index is 13.4. The van der Waals surface area contributed by atoms with Gasteiger partial charge in [-0.05, 0) is 48.9 Å². The summed E-state index contributed by atoms with van der Waals surface area (Å²) in [5, 5.41) is 22.7. The molecule has 0 radical (unpaired) electrons. The standard InChI is InChI=1S/C21H19FN4O6S/c22-13-1-4-16(5-2-13)33(30,31)26-11-15(10-24-20(27)17-7-12(17)9-23)32-19-6-3-14(8-18(19)26)25-21(28)29/h1-6,8,12,15,17,25H,7,10-11H2,(H,24,27)(H,28,29)/t12-,15+,17-/m1/s1. The summed E-state index contributed by atoms with van der Waals surface area (Å²) in [6.45, 7) is -0.187. The first-order valence-electron chi connectivity index (χ1n) is 9.95. The van der Waals surface area contributed by atoms with Gasteiger partial charge in [0.1, 0.15) is 17.7 Å². The lowest BCUT2D eigenvalue weighted by Crippen LogP contribution is -2.48. The van der Waals surface area contributed by atoms with E-state index < -0.39 is 28.0 Å². The first-order chi connectivity index (χ1) is 15.7. The van der Waals surface area contributed by atoms with Crippen LogP contribution in [0.1, 0.15) is 6.42 Å². The van der Waals surface area contributed by atoms with E-state index in [4.69, 9.17) is 15.1 Å². The fourth-order valence-electron chi connectivity index (χ4n) is 3.55. The van der Waals surface area contributed by atoms with Crippen LogP contribution in [0.4, 0.5) is 20.6 Å². The number of sulfonamides is 1. The summed E-state index contributed by atoms with van der Waals surface area (Å²) in [6.07, 6.45) is -1.59. The minimum atomic E-state index is -4.17. The van der Waals surface area contributed by atoms with Crippen molar-refractivity contribution in [3.63, 3.8) is 0 Å². The Labute approximate surface area is 188 Å². The van der Waals surface area contributed by atoms with E-state index in [0.717, 1.165) is 28.6 Å². The molecule has 1 aliphatic carbocycles. The lowest BCUT2D eigenvalue weighted by Gasteiger charge is -2.35. The monoisotopic (exact) mass is 474 g/mol. The Morgan fingerprint density at radius 3 is 2.61 bits per heavy atom. The number of carbonyl (C=O) groups excluding carboxylic acids is 1. The zero-order valence-corrected chi connectivity index (χ0v) is 17.9. The molecule has 4 rings (SSSR count). The van der Waals surface area contributed by atoms with E-state index in [1.54, 1.807) is 0 Å². The van der Waals surface area contributed by atoms with Crippen LogP contribution in [-0.4, -0.2) is 44.7 Å². The van der Waals surface area contributed by atoms with E-state index in [9.17, 15) is 22.4 Å². The number of nitrogens with one attached hydrogen (secondary N) is 2. The van der Waals surface area contributed by atoms with E-state index in [0.29, 0.717) is 6.42 Å². The molecule has 1 aliphatic heterocycles. The Balaban J connectivity index is 1.62. The van der Waals surface area contributed by atoms with Gasteiger partial charge < -0.3 is 15.2 Å². The van der Waals surface area contributed by atoms with Gasteiger partial charge in [0.15, 0.2) is 0 Å². The minimum absolute atomic E-state index is 0.00249. The molecule has 33 heavy (non-hydrogen) atoms. The summed E-state index contributed by atoms with van der Waals surface area (Å²) in [5.41, 5.74) is 0.229. The van der Waals surface area contributed by atoms with Crippen molar-refractivity contribution in [2.45, 2.75) is 17.4 Å². The summed E-state index contributed by atoms with van der Waals surface area (Å²) in [7, 11) is -4.17. The van der Waals surface area contributed by atoms with Gasteiger partial charge in [-0.25, -0.2) is 17.6 Å². The predicted octanol–water partition coefficient (Wildman–Crippen LogP) is 2.15. The molecule has 2 aliphatic rings. The van der Waals surface area contributed by atoms with Gasteiger partial charge in [-0.1, -0.05) is 0 Å². The smallest absolute Gasteiger partial charge is 0.409 e. The summed E-state index contributed by atoms with van der Waals surface area (Å²) < 4.78 is 47.0. The molecule has 2 aromatic carbocycles. The number of hydrogen-bond acceptors (Lipinski definition) is 6. The third-order valence-electron chi connectivity index (χ3n) is 5.34. The number of nitrogens with zero attached hydrogens (tertiary/aromatic N) is 2. The lowest BCUT2D eigenvalue weighted by molar-refractivity contribution is -0.122. The van der Waals surface area contributed by atoms with Gasteiger partial charge in [-0.3, -0.25) is 14.4 Å². The van der Waals surface area contributed by atoms with Crippen LogP contribution in [0.5, 0.6) is 5.75 Å². The summed E-state index contributed by atoms with van der Waals surface area (Å²) in [5.74, 6) is -1.42. The Bertz CT molecular complexity index is 1240. The second-order valence-electron chi connectivity index (χ2n) is 7.67. The predicted molar refractivity (Wildman–Crippen MR) is 114 cm³/mol. The number of carbonyl (C=O) groups is 2. The van der Waals surface area contributed by atoms with E-state index in [1.165, 1.54) is 18.2 Å². The van der Waals surface area contributed by atoms with Crippen molar-refractivity contribution in [2.24, 2.45) is 11.8 Å². The second kappa shape index (κ2) is 8.59. The number of benzene rings is 2. The molecule has 3 N–H and O–H groups in total. The zero-order chi connectivity index (χ0) is 23.8. The number of hydrogen-bond donors (Lipinski definition) is 3. The maximum Gasteiger partial charge on any atom is 0.409 e. The highest BCUT2D eigenvalue weighted by Crippen LogP contribution is 2.40. The van der Waals surface area contributed by atoms with Crippen molar-refractivity contribution >= 4 is 33.4 Å². The molecule has 1 saturated carbocycles. The Hall–Kier alpha value is -3.85. The Kier molecular flexibility index (Phi) is 5.82. The Morgan fingerprint density at radius 2 is 1.97 bits per heavy atom. The number of fused-ring (bicyclic) bond motifs is 1. The highest BCUT2D eigenvalue weighted by Gasteiger charge is 2.43. The SMILES string of the molecule is N#C[C@H]1C[C@H]1C(=O)NC[C@H]1CN(S(=O)(=O)c2ccc(F)cc2)c2cc(NC(=O)O)ccc2O1. The summed E-state index contributed by atoms with van der Waals surface area (Å²) >= 11 is 0. The van der Waals surface area contributed by atoms with Gasteiger partial charge in [0.05, 0.1) is 41.6 Å². The Morgan fingerprint density at radius 1 is 1.24 bits per heavy atom. The molecule has 0 unspecified atom stereocenters. The van der Waals surface area contributed by atoms with Crippen LogP contribution in [0, 0.1) is 29.0 Å². The molecule has 0 aromatic heterocycles. The molecule has 0 saturated heterocycles. The molecule has 0 bridgehead atoms. The zero-order valence-electron chi connectivity index (χ0n) is 17.1. The van der Waals surface area contributed by atoms with Crippen molar-refractivity contribution in [1.29, 1.82) is 5.26 Å². The number of anilines is 2. The van der Waals surface area contributed by atoms with Crippen molar-refractivity contribution < 1.29 is 32.2 Å². The van der Waals surface area contributed by atoms with Crippen LogP contribution in [0.3, 0.4) is 0 Å². The van der Waals surface area contributed by atoms with Crippen molar-refractivity contribution in [3.05, 3.63) is 48.3 Å². The number of nitriles is 1. The molecule has 3 atom stereocenters. The average Bonchev–Trinajstić information content (AvgIpc) is 3.57. The molecule has 1 heterocycles. The quantitative estimate of drug-likeness (QED) is 0.581. The van der Waals surface area contributed by atoms with Crippen LogP contribution in [0.25, 0.3) is 0 Å². The summed E-state index contributed by atoms with van der Waals surface area (Å²) in [4.78, 5) is 23.0. The minimum Gasteiger partial charge on any atom is -0.484 e. The first kappa shape index (κ1) is 22.3. The molecular weight excluding hydrogens is 455 g/mol. The normalized spacial score (nSPS) is 21.2. The molecule has 0 spiro atoms. The van der Waals surface area contributed by atoms with Crippen molar-refractivity contribution in [3.8, 4) is 11.8 Å². The van der Waals surface area contributed by atoms with Gasteiger partial charge in [-0.2, -0.15) is 5.26 Å². The van der Waals surface area contributed by atoms with Gasteiger partial charge in [0, 0.05) is 5.69 Å². The average molecular weight is 474 g/mol. The molecule has 2 aromatic rings. The van der Waals surface area contributed by atoms with Crippen LogP contribution in [0.2, 0.25) is 0 Å². The van der Waals surface area contributed by atoms with Crippen LogP contribution < -0.4 is 19.7 Å². The van der Waals surface area contributed by atoms with Crippen LogP contribution >= 0.6 is 0 Å². The van der Waals surface area contributed by atoms with E-state index in [1.807, 2.05) is 6.07 Å². The number of amides is 2. The van der Waals surface area contributed by atoms with Crippen LogP contribution in [-0.2, 0) is 14.8 Å². The topological polar surface area (TPSA) is 149 Å². The third-order valence-corrected chi connectivity index (χ3v) is 7.13. The molecule has 2 amide bonds. The first-order valence-corrected chi connectivity index (χ1v) is 11.4. The molecule has 1 fully saturated rings. The van der Waals surface area contributed by atoms with Gasteiger partial charge in [0.25, 0.3) is 10.0 Å². The maximum absolute atomic E-state index is 13.4. The fourth-order valence-corrected chi connectivity index (χ4v) is 5.05. The molecule has 172 valence electrons.